The number of rotatable bonds is 49. The second-order valence-electron chi connectivity index (χ2n) is 18.6. The predicted octanol–water partition coefficient (Wildman–Crippen LogP) is 14.4. The number of hydrogen-bond acceptors (Lipinski definition) is 7. The third-order valence-electron chi connectivity index (χ3n) is 13.0. The van der Waals surface area contributed by atoms with Crippen molar-refractivity contribution in [3.05, 3.63) is 0 Å². The molecule has 8 heteroatoms. The Balaban J connectivity index is 4.76. The molecular weight excluding hydrogens is 771 g/mol. The van der Waals surface area contributed by atoms with E-state index in [9.17, 15) is 14.4 Å². The van der Waals surface area contributed by atoms with Crippen LogP contribution < -0.4 is 5.32 Å². The first-order valence-corrected chi connectivity index (χ1v) is 27.4. The van der Waals surface area contributed by atoms with Crippen LogP contribution in [0.5, 0.6) is 0 Å². The van der Waals surface area contributed by atoms with Crippen LogP contribution in [-0.4, -0.2) is 86.7 Å². The first-order chi connectivity index (χ1) is 30.4. The molecule has 0 aliphatic rings. The molecule has 62 heavy (non-hydrogen) atoms. The Kier molecular flexibility index (Phi) is 46.0. The van der Waals surface area contributed by atoms with E-state index < -0.39 is 0 Å². The molecule has 2 atom stereocenters. The molecule has 0 rings (SSSR count). The van der Waals surface area contributed by atoms with Crippen LogP contribution in [-0.2, 0) is 23.9 Å². The summed E-state index contributed by atoms with van der Waals surface area (Å²) in [5.41, 5.74) is 0. The maximum atomic E-state index is 13.1. The van der Waals surface area contributed by atoms with Crippen LogP contribution in [0, 0.1) is 11.8 Å². The van der Waals surface area contributed by atoms with Gasteiger partial charge in [-0.2, -0.15) is 0 Å². The lowest BCUT2D eigenvalue weighted by atomic mass is 9.94. The summed E-state index contributed by atoms with van der Waals surface area (Å²) < 4.78 is 11.7. The van der Waals surface area contributed by atoms with Crippen molar-refractivity contribution < 1.29 is 23.9 Å². The van der Waals surface area contributed by atoms with Gasteiger partial charge in [-0.15, -0.1) is 0 Å². The van der Waals surface area contributed by atoms with Crippen molar-refractivity contribution in [3.8, 4) is 0 Å². The van der Waals surface area contributed by atoms with E-state index in [0.29, 0.717) is 19.6 Å². The van der Waals surface area contributed by atoms with E-state index >= 15 is 0 Å². The number of unbranched alkanes of at least 4 members (excludes halogenated alkanes) is 22. The van der Waals surface area contributed by atoms with Gasteiger partial charge in [0.1, 0.15) is 0 Å². The van der Waals surface area contributed by atoms with Crippen LogP contribution in [0.4, 0.5) is 0 Å². The summed E-state index contributed by atoms with van der Waals surface area (Å²) in [5, 5.41) is 3.60. The summed E-state index contributed by atoms with van der Waals surface area (Å²) in [6.07, 6.45) is 38.9. The molecule has 1 amide bonds. The predicted molar refractivity (Wildman–Crippen MR) is 266 cm³/mol. The summed E-state index contributed by atoms with van der Waals surface area (Å²) in [6, 6.07) is 0. The molecular formula is C54H107N3O5. The highest BCUT2D eigenvalue weighted by Gasteiger charge is 2.20. The number of carbonyl (C=O) groups is 3. The molecule has 0 aliphatic heterocycles. The van der Waals surface area contributed by atoms with E-state index in [-0.39, 0.29) is 29.7 Å². The van der Waals surface area contributed by atoms with Crippen molar-refractivity contribution in [1.29, 1.82) is 0 Å². The largest absolute Gasteiger partial charge is 0.465 e. The maximum absolute atomic E-state index is 13.1. The van der Waals surface area contributed by atoms with E-state index in [1.54, 1.807) is 0 Å². The van der Waals surface area contributed by atoms with Gasteiger partial charge >= 0.3 is 11.9 Å². The summed E-state index contributed by atoms with van der Waals surface area (Å²) in [6.45, 7) is 20.7. The van der Waals surface area contributed by atoms with Crippen LogP contribution in [0.15, 0.2) is 0 Å². The third kappa shape index (κ3) is 37.7. The Labute approximate surface area is 386 Å². The third-order valence-corrected chi connectivity index (χ3v) is 13.0. The van der Waals surface area contributed by atoms with Crippen LogP contribution in [0.3, 0.4) is 0 Å². The minimum atomic E-state index is 0.0508. The Morgan fingerprint density at radius 1 is 0.403 bits per heavy atom. The molecule has 0 heterocycles. The number of esters is 2. The first kappa shape index (κ1) is 60.3. The monoisotopic (exact) mass is 878 g/mol. The number of nitrogens with one attached hydrogen (secondary N) is 1. The molecule has 0 saturated heterocycles. The fourth-order valence-corrected chi connectivity index (χ4v) is 8.70. The fraction of sp³-hybridized carbons (Fsp3) is 0.944. The first-order valence-electron chi connectivity index (χ1n) is 27.4. The maximum Gasteiger partial charge on any atom is 0.308 e. The van der Waals surface area contributed by atoms with Gasteiger partial charge in [0.05, 0.1) is 25.0 Å². The van der Waals surface area contributed by atoms with Crippen molar-refractivity contribution in [1.82, 2.24) is 15.1 Å². The fourth-order valence-electron chi connectivity index (χ4n) is 8.70. The molecule has 0 bridgehead atoms. The molecule has 0 aromatic carbocycles. The lowest BCUT2D eigenvalue weighted by Gasteiger charge is -2.23. The Bertz CT molecular complexity index is 918. The second kappa shape index (κ2) is 47.3. The molecule has 0 aromatic heterocycles. The molecule has 0 fully saturated rings. The number of ether oxygens (including phenoxy) is 2. The molecule has 0 radical (unpaired) electrons. The van der Waals surface area contributed by atoms with E-state index in [0.717, 1.165) is 155 Å². The van der Waals surface area contributed by atoms with Crippen molar-refractivity contribution in [3.63, 3.8) is 0 Å². The normalized spacial score (nSPS) is 12.5. The minimum absolute atomic E-state index is 0.0508. The highest BCUT2D eigenvalue weighted by atomic mass is 16.5. The molecule has 0 aliphatic carbocycles. The standard InChI is InChI=1S/C54H107N3O5/c1-7-13-17-21-23-31-40-50(38-29-19-15-9-3)53(59)61-48-35-27-25-33-45-56(47-44-55-43-37-42-52(58)57(11-5)12-6)46-34-26-28-36-49-62-54(60)51(39-30-20-16-10-4)41-32-24-22-18-14-8-2/h50-51,55H,7-49H2,1-6H3. The van der Waals surface area contributed by atoms with Gasteiger partial charge in [-0.1, -0.05) is 182 Å². The van der Waals surface area contributed by atoms with E-state index in [1.165, 1.54) is 103 Å². The van der Waals surface area contributed by atoms with Crippen molar-refractivity contribution in [2.45, 2.75) is 260 Å². The molecule has 368 valence electrons. The molecule has 8 nitrogen and oxygen atoms in total. The smallest absolute Gasteiger partial charge is 0.308 e. The zero-order valence-electron chi connectivity index (χ0n) is 42.5. The average Bonchev–Trinajstić information content (AvgIpc) is 3.27. The zero-order valence-corrected chi connectivity index (χ0v) is 42.5. The topological polar surface area (TPSA) is 88.2 Å². The van der Waals surface area contributed by atoms with Crippen LogP contribution in [0.1, 0.15) is 260 Å². The second-order valence-corrected chi connectivity index (χ2v) is 18.6. The van der Waals surface area contributed by atoms with Crippen LogP contribution in [0.25, 0.3) is 0 Å². The van der Waals surface area contributed by atoms with Gasteiger partial charge in [0.25, 0.3) is 0 Å². The Hall–Kier alpha value is -1.67. The van der Waals surface area contributed by atoms with Crippen molar-refractivity contribution >= 4 is 17.8 Å². The zero-order chi connectivity index (χ0) is 45.6. The molecule has 0 saturated carbocycles. The van der Waals surface area contributed by atoms with Gasteiger partial charge in [-0.25, -0.2) is 0 Å². The van der Waals surface area contributed by atoms with E-state index in [1.807, 2.05) is 18.7 Å². The van der Waals surface area contributed by atoms with Gasteiger partial charge in [0.15, 0.2) is 0 Å². The van der Waals surface area contributed by atoms with Crippen LogP contribution in [0.2, 0.25) is 0 Å². The molecule has 2 unspecified atom stereocenters. The van der Waals surface area contributed by atoms with Crippen molar-refractivity contribution in [2.75, 3.05) is 59.0 Å². The number of hydrogen-bond donors (Lipinski definition) is 1. The quantitative estimate of drug-likeness (QED) is 0.0481. The summed E-state index contributed by atoms with van der Waals surface area (Å²) in [4.78, 5) is 43.1. The van der Waals surface area contributed by atoms with Gasteiger partial charge in [0, 0.05) is 32.6 Å². The van der Waals surface area contributed by atoms with Crippen LogP contribution >= 0.6 is 0 Å². The van der Waals surface area contributed by atoms with Crippen molar-refractivity contribution in [2.24, 2.45) is 11.8 Å². The summed E-state index contributed by atoms with van der Waals surface area (Å²) in [7, 11) is 0. The van der Waals surface area contributed by atoms with Gasteiger partial charge < -0.3 is 24.6 Å². The number of amides is 1. The van der Waals surface area contributed by atoms with E-state index in [4.69, 9.17) is 9.47 Å². The highest BCUT2D eigenvalue weighted by Crippen LogP contribution is 2.22. The van der Waals surface area contributed by atoms with Gasteiger partial charge in [-0.3, -0.25) is 14.4 Å². The number of nitrogens with zero attached hydrogens (tertiary/aromatic N) is 2. The SMILES string of the molecule is CCCCCCCCC(CCCCCC)C(=O)OCCCCCCN(CCCCCCOC(=O)C(CCCCCC)CCCCCCCC)CCNCCCC(=O)N(CC)CC. The average molecular weight is 878 g/mol. The number of carbonyl (C=O) groups excluding carboxylic acids is 3. The van der Waals surface area contributed by atoms with Gasteiger partial charge in [-0.05, 0) is 91.3 Å². The Morgan fingerprint density at radius 3 is 1.16 bits per heavy atom. The minimum Gasteiger partial charge on any atom is -0.465 e. The summed E-state index contributed by atoms with van der Waals surface area (Å²) in [5.74, 6) is 0.517. The summed E-state index contributed by atoms with van der Waals surface area (Å²) >= 11 is 0. The molecule has 0 spiro atoms. The lowest BCUT2D eigenvalue weighted by molar-refractivity contribution is -0.150. The highest BCUT2D eigenvalue weighted by molar-refractivity contribution is 5.76. The van der Waals surface area contributed by atoms with E-state index in [2.05, 4.69) is 37.9 Å². The molecule has 0 aromatic rings. The van der Waals surface area contributed by atoms with Gasteiger partial charge in [0.2, 0.25) is 5.91 Å². The Morgan fingerprint density at radius 2 is 0.758 bits per heavy atom. The lowest BCUT2D eigenvalue weighted by Crippen LogP contribution is -2.34. The molecule has 1 N–H and O–H groups in total.